The Hall–Kier alpha value is -0.120. The van der Waals surface area contributed by atoms with E-state index in [9.17, 15) is 5.11 Å². The fourth-order valence-corrected chi connectivity index (χ4v) is 2.80. The Morgan fingerprint density at radius 2 is 2.00 bits per heavy atom. The lowest BCUT2D eigenvalue weighted by molar-refractivity contribution is -0.00953. The summed E-state index contributed by atoms with van der Waals surface area (Å²) in [4.78, 5) is 0. The van der Waals surface area contributed by atoms with Crippen molar-refractivity contribution in [1.82, 2.24) is 5.32 Å². The van der Waals surface area contributed by atoms with E-state index in [2.05, 4.69) is 33.0 Å². The van der Waals surface area contributed by atoms with Gasteiger partial charge in [-0.3, -0.25) is 0 Å². The van der Waals surface area contributed by atoms with Crippen LogP contribution in [0, 0.1) is 11.8 Å². The number of ether oxygens (including phenoxy) is 1. The van der Waals surface area contributed by atoms with Gasteiger partial charge in [-0.25, -0.2) is 0 Å². The lowest BCUT2D eigenvalue weighted by atomic mass is 10.1. The largest absolute Gasteiger partial charge is 0.389 e. The SMILES string of the molecule is CC(C)CC(C)OCC(O)CNC1CCCC1C. The van der Waals surface area contributed by atoms with Crippen LogP contribution in [0.3, 0.4) is 0 Å². The first-order chi connectivity index (χ1) is 8.49. The Morgan fingerprint density at radius 1 is 1.28 bits per heavy atom. The predicted molar refractivity (Wildman–Crippen MR) is 75.7 cm³/mol. The molecule has 2 N–H and O–H groups in total. The van der Waals surface area contributed by atoms with E-state index in [4.69, 9.17) is 4.74 Å². The van der Waals surface area contributed by atoms with Gasteiger partial charge in [0.05, 0.1) is 18.8 Å². The highest BCUT2D eigenvalue weighted by Gasteiger charge is 2.23. The van der Waals surface area contributed by atoms with Crippen LogP contribution < -0.4 is 5.32 Å². The monoisotopic (exact) mass is 257 g/mol. The van der Waals surface area contributed by atoms with Gasteiger partial charge < -0.3 is 15.2 Å². The van der Waals surface area contributed by atoms with Crippen molar-refractivity contribution in [2.75, 3.05) is 13.2 Å². The van der Waals surface area contributed by atoms with Gasteiger partial charge in [-0.15, -0.1) is 0 Å². The van der Waals surface area contributed by atoms with Gasteiger partial charge in [0.15, 0.2) is 0 Å². The van der Waals surface area contributed by atoms with E-state index in [-0.39, 0.29) is 12.2 Å². The molecule has 0 heterocycles. The van der Waals surface area contributed by atoms with Gasteiger partial charge in [0, 0.05) is 12.6 Å². The van der Waals surface area contributed by atoms with Crippen molar-refractivity contribution in [3.8, 4) is 0 Å². The van der Waals surface area contributed by atoms with E-state index in [1.54, 1.807) is 0 Å². The summed E-state index contributed by atoms with van der Waals surface area (Å²) < 4.78 is 5.67. The molecule has 0 aromatic carbocycles. The molecule has 0 amide bonds. The van der Waals surface area contributed by atoms with Crippen LogP contribution in [-0.2, 0) is 4.74 Å². The Morgan fingerprint density at radius 3 is 2.56 bits per heavy atom. The molecule has 1 saturated carbocycles. The highest BCUT2D eigenvalue weighted by molar-refractivity contribution is 4.80. The quantitative estimate of drug-likeness (QED) is 0.702. The van der Waals surface area contributed by atoms with Crippen LogP contribution in [-0.4, -0.2) is 36.5 Å². The van der Waals surface area contributed by atoms with Crippen LogP contribution in [0.15, 0.2) is 0 Å². The van der Waals surface area contributed by atoms with Crippen molar-refractivity contribution in [3.63, 3.8) is 0 Å². The molecule has 0 bridgehead atoms. The molecule has 0 aliphatic heterocycles. The van der Waals surface area contributed by atoms with Crippen LogP contribution in [0.25, 0.3) is 0 Å². The van der Waals surface area contributed by atoms with E-state index in [0.717, 1.165) is 12.3 Å². The Balaban J connectivity index is 2.08. The third-order valence-corrected chi connectivity index (χ3v) is 3.85. The van der Waals surface area contributed by atoms with Gasteiger partial charge in [-0.2, -0.15) is 0 Å². The summed E-state index contributed by atoms with van der Waals surface area (Å²) in [5, 5.41) is 13.4. The molecule has 3 nitrogen and oxygen atoms in total. The van der Waals surface area contributed by atoms with Crippen molar-refractivity contribution in [3.05, 3.63) is 0 Å². The van der Waals surface area contributed by atoms with E-state index in [0.29, 0.717) is 25.1 Å². The molecule has 1 fully saturated rings. The highest BCUT2D eigenvalue weighted by atomic mass is 16.5. The topological polar surface area (TPSA) is 41.5 Å². The zero-order valence-electron chi connectivity index (χ0n) is 12.5. The molecule has 1 aliphatic carbocycles. The molecule has 0 saturated heterocycles. The fraction of sp³-hybridized carbons (Fsp3) is 1.00. The van der Waals surface area contributed by atoms with Crippen molar-refractivity contribution >= 4 is 0 Å². The Labute approximate surface area is 112 Å². The smallest absolute Gasteiger partial charge is 0.0897 e. The van der Waals surface area contributed by atoms with Crippen LogP contribution in [0.5, 0.6) is 0 Å². The fourth-order valence-electron chi connectivity index (χ4n) is 2.80. The molecule has 0 aromatic heterocycles. The second-order valence-corrected chi connectivity index (χ2v) is 6.35. The summed E-state index contributed by atoms with van der Waals surface area (Å²) in [6.45, 7) is 9.86. The van der Waals surface area contributed by atoms with Crippen LogP contribution >= 0.6 is 0 Å². The first-order valence-corrected chi connectivity index (χ1v) is 7.52. The maximum Gasteiger partial charge on any atom is 0.0897 e. The molecule has 1 aliphatic rings. The molecule has 0 aromatic rings. The van der Waals surface area contributed by atoms with Crippen molar-refractivity contribution < 1.29 is 9.84 Å². The minimum absolute atomic E-state index is 0.241. The summed E-state index contributed by atoms with van der Waals surface area (Å²) in [5.74, 6) is 1.40. The highest BCUT2D eigenvalue weighted by Crippen LogP contribution is 2.24. The van der Waals surface area contributed by atoms with Gasteiger partial charge in [-0.05, 0) is 38.0 Å². The first kappa shape index (κ1) is 15.9. The molecule has 3 heteroatoms. The third kappa shape index (κ3) is 6.17. The summed E-state index contributed by atoms with van der Waals surface area (Å²) in [5.41, 5.74) is 0. The van der Waals surface area contributed by atoms with E-state index in [1.807, 2.05) is 0 Å². The normalized spacial score (nSPS) is 27.7. The predicted octanol–water partition coefficient (Wildman–Crippen LogP) is 2.58. The van der Waals surface area contributed by atoms with E-state index >= 15 is 0 Å². The van der Waals surface area contributed by atoms with Crippen molar-refractivity contribution in [2.45, 2.75) is 71.6 Å². The summed E-state index contributed by atoms with van der Waals surface area (Å²) >= 11 is 0. The molecular weight excluding hydrogens is 226 g/mol. The maximum atomic E-state index is 9.89. The lowest BCUT2D eigenvalue weighted by Gasteiger charge is -2.21. The molecule has 18 heavy (non-hydrogen) atoms. The third-order valence-electron chi connectivity index (χ3n) is 3.85. The average Bonchev–Trinajstić information content (AvgIpc) is 2.68. The zero-order chi connectivity index (χ0) is 13.5. The minimum atomic E-state index is -0.382. The zero-order valence-corrected chi connectivity index (χ0v) is 12.5. The first-order valence-electron chi connectivity index (χ1n) is 7.52. The molecule has 0 radical (unpaired) electrons. The number of rotatable bonds is 8. The molecule has 4 atom stereocenters. The number of hydrogen-bond acceptors (Lipinski definition) is 3. The van der Waals surface area contributed by atoms with Gasteiger partial charge in [0.25, 0.3) is 0 Å². The second-order valence-electron chi connectivity index (χ2n) is 6.35. The number of hydrogen-bond donors (Lipinski definition) is 2. The standard InChI is InChI=1S/C15H31NO2/c1-11(2)8-13(4)18-10-14(17)9-16-15-7-5-6-12(15)3/h11-17H,5-10H2,1-4H3. The number of aliphatic hydroxyl groups is 1. The number of nitrogens with one attached hydrogen (secondary N) is 1. The van der Waals surface area contributed by atoms with Crippen molar-refractivity contribution in [1.29, 1.82) is 0 Å². The van der Waals surface area contributed by atoms with Gasteiger partial charge in [0.1, 0.15) is 0 Å². The van der Waals surface area contributed by atoms with Gasteiger partial charge >= 0.3 is 0 Å². The van der Waals surface area contributed by atoms with Crippen LogP contribution in [0.1, 0.15) is 53.4 Å². The summed E-state index contributed by atoms with van der Waals surface area (Å²) in [6, 6.07) is 0.590. The summed E-state index contributed by atoms with van der Waals surface area (Å²) in [6.07, 6.45) is 4.79. The van der Waals surface area contributed by atoms with Gasteiger partial charge in [0.2, 0.25) is 0 Å². The lowest BCUT2D eigenvalue weighted by Crippen LogP contribution is -2.39. The molecule has 0 spiro atoms. The van der Waals surface area contributed by atoms with Crippen LogP contribution in [0.2, 0.25) is 0 Å². The Kier molecular flexibility index (Phi) is 7.20. The maximum absolute atomic E-state index is 9.89. The number of aliphatic hydroxyl groups excluding tert-OH is 1. The summed E-state index contributed by atoms with van der Waals surface area (Å²) in [7, 11) is 0. The Bertz CT molecular complexity index is 221. The molecule has 4 unspecified atom stereocenters. The van der Waals surface area contributed by atoms with Crippen LogP contribution in [0.4, 0.5) is 0 Å². The van der Waals surface area contributed by atoms with E-state index in [1.165, 1.54) is 19.3 Å². The molecule has 108 valence electrons. The minimum Gasteiger partial charge on any atom is -0.389 e. The van der Waals surface area contributed by atoms with Crippen molar-refractivity contribution in [2.24, 2.45) is 11.8 Å². The average molecular weight is 257 g/mol. The second kappa shape index (κ2) is 8.13. The van der Waals surface area contributed by atoms with E-state index < -0.39 is 0 Å². The molecule has 1 rings (SSSR count). The van der Waals surface area contributed by atoms with Gasteiger partial charge in [-0.1, -0.05) is 27.2 Å². The molecular formula is C15H31NO2.